The highest BCUT2D eigenvalue weighted by Crippen LogP contribution is 2.32. The average Bonchev–Trinajstić information content (AvgIpc) is 2.70. The zero-order chi connectivity index (χ0) is 17.8. The first-order valence-electron chi connectivity index (χ1n) is 9.70. The molecule has 0 spiro atoms. The number of allylic oxidation sites excluding steroid dienone is 2. The van der Waals surface area contributed by atoms with Gasteiger partial charge in [0.15, 0.2) is 0 Å². The van der Waals surface area contributed by atoms with E-state index in [1.807, 2.05) is 12.1 Å². The normalized spacial score (nSPS) is 20.4. The number of rotatable bonds is 4. The van der Waals surface area contributed by atoms with Gasteiger partial charge in [-0.05, 0) is 66.0 Å². The van der Waals surface area contributed by atoms with Gasteiger partial charge in [0.05, 0.1) is 0 Å². The standard InChI is InChI=1S/C24H26ClN.ClH/c25-24-11-9-21(10-12-24)23-8-4-5-19(17-23)18-26-15-13-22(14-16-26)20-6-2-1-3-7-20;/h1-3,6-13,19H,4-5,14-18H2;1H. The van der Waals surface area contributed by atoms with Crippen molar-refractivity contribution >= 4 is 35.2 Å². The molecule has 142 valence electrons. The number of hydrogen-bond acceptors (Lipinski definition) is 1. The molecule has 0 fully saturated rings. The molecule has 0 N–H and O–H groups in total. The lowest BCUT2D eigenvalue weighted by Gasteiger charge is -2.32. The lowest BCUT2D eigenvalue weighted by molar-refractivity contribution is 0.244. The molecule has 2 aliphatic rings. The van der Waals surface area contributed by atoms with E-state index in [1.165, 1.54) is 54.6 Å². The number of halogens is 2. The molecule has 1 unspecified atom stereocenters. The molecule has 1 aliphatic heterocycles. The second kappa shape index (κ2) is 9.59. The van der Waals surface area contributed by atoms with Crippen molar-refractivity contribution < 1.29 is 0 Å². The second-order valence-corrected chi connectivity index (χ2v) is 7.93. The maximum atomic E-state index is 6.03. The molecule has 0 saturated carbocycles. The van der Waals surface area contributed by atoms with E-state index in [9.17, 15) is 0 Å². The fraction of sp³-hybridized carbons (Fsp3) is 0.333. The van der Waals surface area contributed by atoms with E-state index < -0.39 is 0 Å². The Labute approximate surface area is 174 Å². The first kappa shape index (κ1) is 20.2. The first-order chi connectivity index (χ1) is 12.8. The monoisotopic (exact) mass is 399 g/mol. The topological polar surface area (TPSA) is 3.24 Å². The quantitative estimate of drug-likeness (QED) is 0.550. The molecular weight excluding hydrogens is 373 g/mol. The highest BCUT2D eigenvalue weighted by atomic mass is 35.5. The largest absolute Gasteiger partial charge is 0.299 e. The van der Waals surface area contributed by atoms with E-state index in [2.05, 4.69) is 59.5 Å². The van der Waals surface area contributed by atoms with Gasteiger partial charge in [-0.1, -0.05) is 66.2 Å². The molecule has 0 amide bonds. The van der Waals surface area contributed by atoms with Crippen LogP contribution in [0.5, 0.6) is 0 Å². The van der Waals surface area contributed by atoms with E-state index >= 15 is 0 Å². The van der Waals surface area contributed by atoms with Gasteiger partial charge in [0.25, 0.3) is 0 Å². The minimum atomic E-state index is 0. The summed E-state index contributed by atoms with van der Waals surface area (Å²) < 4.78 is 0. The maximum Gasteiger partial charge on any atom is 0.0406 e. The van der Waals surface area contributed by atoms with Gasteiger partial charge in [0, 0.05) is 24.7 Å². The van der Waals surface area contributed by atoms with Crippen LogP contribution in [0.1, 0.15) is 36.8 Å². The third kappa shape index (κ3) is 5.25. The highest BCUT2D eigenvalue weighted by molar-refractivity contribution is 6.30. The van der Waals surface area contributed by atoms with Crippen LogP contribution in [-0.2, 0) is 0 Å². The van der Waals surface area contributed by atoms with E-state index in [-0.39, 0.29) is 12.4 Å². The van der Waals surface area contributed by atoms with E-state index in [1.54, 1.807) is 0 Å². The van der Waals surface area contributed by atoms with Crippen LogP contribution in [0.15, 0.2) is 66.7 Å². The lowest BCUT2D eigenvalue weighted by atomic mass is 9.85. The summed E-state index contributed by atoms with van der Waals surface area (Å²) in [5.41, 5.74) is 5.73. The predicted molar refractivity (Wildman–Crippen MR) is 119 cm³/mol. The number of hydrogen-bond donors (Lipinski definition) is 0. The smallest absolute Gasteiger partial charge is 0.0406 e. The van der Waals surface area contributed by atoms with Gasteiger partial charge in [-0.2, -0.15) is 0 Å². The van der Waals surface area contributed by atoms with Crippen molar-refractivity contribution in [2.45, 2.75) is 25.7 Å². The Morgan fingerprint density at radius 1 is 0.889 bits per heavy atom. The Kier molecular flexibility index (Phi) is 7.18. The van der Waals surface area contributed by atoms with Gasteiger partial charge in [-0.15, -0.1) is 12.4 Å². The van der Waals surface area contributed by atoms with Gasteiger partial charge in [-0.25, -0.2) is 0 Å². The molecule has 3 heteroatoms. The van der Waals surface area contributed by atoms with Crippen LogP contribution in [0.25, 0.3) is 11.1 Å². The summed E-state index contributed by atoms with van der Waals surface area (Å²) in [5.74, 6) is 0.761. The van der Waals surface area contributed by atoms with Crippen LogP contribution in [0.4, 0.5) is 0 Å². The second-order valence-electron chi connectivity index (χ2n) is 7.49. The fourth-order valence-electron chi connectivity index (χ4n) is 4.20. The Balaban J connectivity index is 0.00000210. The Morgan fingerprint density at radius 3 is 2.33 bits per heavy atom. The summed E-state index contributed by atoms with van der Waals surface area (Å²) in [7, 11) is 0. The van der Waals surface area contributed by atoms with Crippen molar-refractivity contribution in [3.63, 3.8) is 0 Å². The molecule has 1 heterocycles. The Hall–Kier alpha value is -1.54. The predicted octanol–water partition coefficient (Wildman–Crippen LogP) is 6.73. The van der Waals surface area contributed by atoms with Crippen LogP contribution < -0.4 is 0 Å². The summed E-state index contributed by atoms with van der Waals surface area (Å²) in [4.78, 5) is 2.63. The Bertz CT molecular complexity index is 793. The first-order valence-corrected chi connectivity index (χ1v) is 10.1. The molecule has 0 aromatic heterocycles. The van der Waals surface area contributed by atoms with Crippen molar-refractivity contribution in [3.05, 3.63) is 82.9 Å². The molecule has 0 bridgehead atoms. The maximum absolute atomic E-state index is 6.03. The van der Waals surface area contributed by atoms with Gasteiger partial charge < -0.3 is 0 Å². The minimum absolute atomic E-state index is 0. The van der Waals surface area contributed by atoms with Gasteiger partial charge >= 0.3 is 0 Å². The van der Waals surface area contributed by atoms with Gasteiger partial charge in [0.2, 0.25) is 0 Å². The molecule has 4 rings (SSSR count). The van der Waals surface area contributed by atoms with Gasteiger partial charge in [0.1, 0.15) is 0 Å². The fourth-order valence-corrected chi connectivity index (χ4v) is 4.33. The molecular formula is C24H27Cl2N. The third-order valence-electron chi connectivity index (χ3n) is 5.64. The van der Waals surface area contributed by atoms with E-state index in [4.69, 9.17) is 11.6 Å². The molecule has 1 aliphatic carbocycles. The number of benzene rings is 2. The minimum Gasteiger partial charge on any atom is -0.299 e. The molecule has 2 aromatic rings. The van der Waals surface area contributed by atoms with Crippen molar-refractivity contribution in [2.75, 3.05) is 19.6 Å². The molecule has 1 atom stereocenters. The van der Waals surface area contributed by atoms with Crippen LogP contribution >= 0.6 is 24.0 Å². The van der Waals surface area contributed by atoms with Crippen molar-refractivity contribution in [3.8, 4) is 0 Å². The third-order valence-corrected chi connectivity index (χ3v) is 5.90. The van der Waals surface area contributed by atoms with Crippen LogP contribution in [0.3, 0.4) is 0 Å². The summed E-state index contributed by atoms with van der Waals surface area (Å²) in [5, 5.41) is 0.816. The van der Waals surface area contributed by atoms with Crippen LogP contribution in [0.2, 0.25) is 5.02 Å². The summed E-state index contributed by atoms with van der Waals surface area (Å²) in [6.07, 6.45) is 9.70. The van der Waals surface area contributed by atoms with E-state index in [0.717, 1.165) is 23.9 Å². The van der Waals surface area contributed by atoms with E-state index in [0.29, 0.717) is 0 Å². The zero-order valence-electron chi connectivity index (χ0n) is 15.6. The molecule has 0 radical (unpaired) electrons. The molecule has 0 saturated heterocycles. The molecule has 1 nitrogen and oxygen atoms in total. The van der Waals surface area contributed by atoms with Crippen molar-refractivity contribution in [2.24, 2.45) is 5.92 Å². The molecule has 27 heavy (non-hydrogen) atoms. The summed E-state index contributed by atoms with van der Waals surface area (Å²) in [6.45, 7) is 3.47. The lowest BCUT2D eigenvalue weighted by Crippen LogP contribution is -2.33. The van der Waals surface area contributed by atoms with Crippen molar-refractivity contribution in [1.82, 2.24) is 4.90 Å². The van der Waals surface area contributed by atoms with Crippen LogP contribution in [0, 0.1) is 5.92 Å². The zero-order valence-corrected chi connectivity index (χ0v) is 17.2. The number of nitrogens with zero attached hydrogens (tertiary/aromatic N) is 1. The SMILES string of the molecule is Cl.Clc1ccc(C2=CCCC(CN3CC=C(c4ccccc4)CC3)C2)cc1. The summed E-state index contributed by atoms with van der Waals surface area (Å²) in [6, 6.07) is 19.1. The van der Waals surface area contributed by atoms with Gasteiger partial charge in [-0.3, -0.25) is 4.90 Å². The van der Waals surface area contributed by atoms with Crippen molar-refractivity contribution in [1.29, 1.82) is 0 Å². The molecule has 2 aromatic carbocycles. The average molecular weight is 400 g/mol. The highest BCUT2D eigenvalue weighted by Gasteiger charge is 2.21. The Morgan fingerprint density at radius 2 is 1.63 bits per heavy atom. The summed E-state index contributed by atoms with van der Waals surface area (Å²) >= 11 is 6.03. The van der Waals surface area contributed by atoms with Crippen LogP contribution in [-0.4, -0.2) is 24.5 Å².